The molecule has 110 valence electrons. The SMILES string of the molecule is COC1(CC(=O)NCCC(C)CCC(=O)O)CCC1. The average Bonchev–Trinajstić information content (AvgIpc) is 2.31. The predicted octanol–water partition coefficient (Wildman–Crippen LogP) is 1.95. The molecule has 1 aliphatic carbocycles. The van der Waals surface area contributed by atoms with E-state index in [0.29, 0.717) is 25.3 Å². The van der Waals surface area contributed by atoms with E-state index in [1.807, 2.05) is 6.92 Å². The fourth-order valence-corrected chi connectivity index (χ4v) is 2.35. The van der Waals surface area contributed by atoms with Crippen molar-refractivity contribution in [2.75, 3.05) is 13.7 Å². The van der Waals surface area contributed by atoms with Crippen molar-refractivity contribution >= 4 is 11.9 Å². The predicted molar refractivity (Wildman–Crippen MR) is 71.9 cm³/mol. The molecule has 1 fully saturated rings. The molecule has 0 spiro atoms. The molecule has 0 radical (unpaired) electrons. The van der Waals surface area contributed by atoms with E-state index in [0.717, 1.165) is 25.7 Å². The molecule has 2 N–H and O–H groups in total. The lowest BCUT2D eigenvalue weighted by Crippen LogP contribution is -2.44. The van der Waals surface area contributed by atoms with E-state index in [9.17, 15) is 9.59 Å². The van der Waals surface area contributed by atoms with E-state index >= 15 is 0 Å². The Hall–Kier alpha value is -1.10. The number of ether oxygens (including phenoxy) is 1. The summed E-state index contributed by atoms with van der Waals surface area (Å²) in [5.41, 5.74) is -0.223. The number of hydrogen-bond acceptors (Lipinski definition) is 3. The molecule has 19 heavy (non-hydrogen) atoms. The van der Waals surface area contributed by atoms with E-state index in [4.69, 9.17) is 9.84 Å². The van der Waals surface area contributed by atoms with Crippen LogP contribution in [0.1, 0.15) is 51.9 Å². The molecular formula is C14H25NO4. The van der Waals surface area contributed by atoms with Crippen LogP contribution in [-0.2, 0) is 14.3 Å². The van der Waals surface area contributed by atoms with E-state index in [1.165, 1.54) is 0 Å². The monoisotopic (exact) mass is 271 g/mol. The van der Waals surface area contributed by atoms with Gasteiger partial charge in [0.15, 0.2) is 0 Å². The summed E-state index contributed by atoms with van der Waals surface area (Å²) >= 11 is 0. The first kappa shape index (κ1) is 16.0. The summed E-state index contributed by atoms with van der Waals surface area (Å²) in [6.07, 6.45) is 5.17. The first-order valence-electron chi connectivity index (χ1n) is 7.01. The van der Waals surface area contributed by atoms with Gasteiger partial charge >= 0.3 is 5.97 Å². The molecule has 0 aromatic heterocycles. The van der Waals surface area contributed by atoms with E-state index < -0.39 is 5.97 Å². The molecule has 1 aliphatic rings. The van der Waals surface area contributed by atoms with Gasteiger partial charge in [-0.05, 0) is 38.0 Å². The summed E-state index contributed by atoms with van der Waals surface area (Å²) in [7, 11) is 1.67. The van der Waals surface area contributed by atoms with Crippen molar-refractivity contribution in [1.29, 1.82) is 0 Å². The van der Waals surface area contributed by atoms with Gasteiger partial charge in [-0.3, -0.25) is 9.59 Å². The third-order valence-corrected chi connectivity index (χ3v) is 3.99. The van der Waals surface area contributed by atoms with Crippen LogP contribution in [0.15, 0.2) is 0 Å². The van der Waals surface area contributed by atoms with Crippen molar-refractivity contribution < 1.29 is 19.4 Å². The van der Waals surface area contributed by atoms with Crippen molar-refractivity contribution in [3.05, 3.63) is 0 Å². The minimum absolute atomic E-state index is 0.0342. The Labute approximate surface area is 114 Å². The molecule has 0 heterocycles. The molecule has 0 aromatic carbocycles. The zero-order chi connectivity index (χ0) is 14.3. The molecule has 0 aliphatic heterocycles. The standard InChI is InChI=1S/C14H25NO4/c1-11(4-5-13(17)18)6-9-15-12(16)10-14(19-2)7-3-8-14/h11H,3-10H2,1-2H3,(H,15,16)(H,17,18). The molecule has 0 bridgehead atoms. The Morgan fingerprint density at radius 2 is 2.05 bits per heavy atom. The maximum absolute atomic E-state index is 11.8. The molecule has 1 unspecified atom stereocenters. The number of carboxylic acid groups (broad SMARTS) is 1. The van der Waals surface area contributed by atoms with Crippen molar-refractivity contribution in [2.45, 2.75) is 57.5 Å². The summed E-state index contributed by atoms with van der Waals surface area (Å²) in [6.45, 7) is 2.62. The van der Waals surface area contributed by atoms with Gasteiger partial charge in [0.05, 0.1) is 12.0 Å². The second-order valence-electron chi connectivity index (χ2n) is 5.59. The lowest BCUT2D eigenvalue weighted by atomic mass is 9.77. The summed E-state index contributed by atoms with van der Waals surface area (Å²) in [5, 5.41) is 11.5. The quantitative estimate of drug-likeness (QED) is 0.672. The highest BCUT2D eigenvalue weighted by atomic mass is 16.5. The third kappa shape index (κ3) is 5.59. The van der Waals surface area contributed by atoms with Gasteiger partial charge in [-0.15, -0.1) is 0 Å². The average molecular weight is 271 g/mol. The molecular weight excluding hydrogens is 246 g/mol. The molecule has 0 aromatic rings. The van der Waals surface area contributed by atoms with Gasteiger partial charge in [-0.2, -0.15) is 0 Å². The highest BCUT2D eigenvalue weighted by Crippen LogP contribution is 2.37. The van der Waals surface area contributed by atoms with E-state index in [-0.39, 0.29) is 17.9 Å². The van der Waals surface area contributed by atoms with Gasteiger partial charge in [-0.1, -0.05) is 6.92 Å². The van der Waals surface area contributed by atoms with Crippen LogP contribution in [0, 0.1) is 5.92 Å². The first-order valence-corrected chi connectivity index (χ1v) is 7.01. The van der Waals surface area contributed by atoms with Gasteiger partial charge in [-0.25, -0.2) is 0 Å². The van der Waals surface area contributed by atoms with E-state index in [2.05, 4.69) is 5.32 Å². The zero-order valence-electron chi connectivity index (χ0n) is 11.9. The summed E-state index contributed by atoms with van der Waals surface area (Å²) in [4.78, 5) is 22.2. The van der Waals surface area contributed by atoms with Gasteiger partial charge < -0.3 is 15.2 Å². The number of hydrogen-bond donors (Lipinski definition) is 2. The van der Waals surface area contributed by atoms with Crippen LogP contribution < -0.4 is 5.32 Å². The Morgan fingerprint density at radius 1 is 1.37 bits per heavy atom. The number of amides is 1. The number of methoxy groups -OCH3 is 1. The summed E-state index contributed by atoms with van der Waals surface area (Å²) in [6, 6.07) is 0. The molecule has 1 amide bonds. The zero-order valence-corrected chi connectivity index (χ0v) is 11.9. The number of carbonyl (C=O) groups excluding carboxylic acids is 1. The third-order valence-electron chi connectivity index (χ3n) is 3.99. The number of nitrogens with one attached hydrogen (secondary N) is 1. The van der Waals surface area contributed by atoms with Crippen LogP contribution in [0.5, 0.6) is 0 Å². The van der Waals surface area contributed by atoms with E-state index in [1.54, 1.807) is 7.11 Å². The number of carboxylic acids is 1. The Balaban J connectivity index is 2.11. The van der Waals surface area contributed by atoms with Gasteiger partial charge in [0.25, 0.3) is 0 Å². The number of aliphatic carboxylic acids is 1. The minimum atomic E-state index is -0.761. The second-order valence-corrected chi connectivity index (χ2v) is 5.59. The molecule has 1 rings (SSSR count). The van der Waals surface area contributed by atoms with Crippen LogP contribution in [0.2, 0.25) is 0 Å². The lowest BCUT2D eigenvalue weighted by molar-refractivity contribution is -0.137. The number of rotatable bonds is 9. The molecule has 5 nitrogen and oxygen atoms in total. The van der Waals surface area contributed by atoms with Crippen molar-refractivity contribution in [3.63, 3.8) is 0 Å². The molecule has 0 saturated heterocycles. The summed E-state index contributed by atoms with van der Waals surface area (Å²) in [5.74, 6) is -0.411. The van der Waals surface area contributed by atoms with Crippen LogP contribution in [-0.4, -0.2) is 36.2 Å². The Bertz CT molecular complexity index is 307. The smallest absolute Gasteiger partial charge is 0.303 e. The van der Waals surface area contributed by atoms with Crippen LogP contribution in [0.25, 0.3) is 0 Å². The van der Waals surface area contributed by atoms with Crippen LogP contribution in [0.4, 0.5) is 0 Å². The highest BCUT2D eigenvalue weighted by Gasteiger charge is 2.38. The largest absolute Gasteiger partial charge is 0.481 e. The fourth-order valence-electron chi connectivity index (χ4n) is 2.35. The van der Waals surface area contributed by atoms with Gasteiger partial charge in [0, 0.05) is 20.1 Å². The first-order chi connectivity index (χ1) is 8.97. The second kappa shape index (κ2) is 7.48. The fraction of sp³-hybridized carbons (Fsp3) is 0.857. The highest BCUT2D eigenvalue weighted by molar-refractivity contribution is 5.77. The lowest BCUT2D eigenvalue weighted by Gasteiger charge is -2.39. The topological polar surface area (TPSA) is 75.6 Å². The normalized spacial score (nSPS) is 18.4. The van der Waals surface area contributed by atoms with Crippen molar-refractivity contribution in [3.8, 4) is 0 Å². The van der Waals surface area contributed by atoms with Crippen molar-refractivity contribution in [1.82, 2.24) is 5.32 Å². The Morgan fingerprint density at radius 3 is 2.53 bits per heavy atom. The molecule has 1 atom stereocenters. The van der Waals surface area contributed by atoms with Crippen LogP contribution >= 0.6 is 0 Å². The number of carbonyl (C=O) groups is 2. The maximum atomic E-state index is 11.8. The summed E-state index contributed by atoms with van der Waals surface area (Å²) < 4.78 is 5.41. The maximum Gasteiger partial charge on any atom is 0.303 e. The molecule has 1 saturated carbocycles. The van der Waals surface area contributed by atoms with Crippen LogP contribution in [0.3, 0.4) is 0 Å². The minimum Gasteiger partial charge on any atom is -0.481 e. The van der Waals surface area contributed by atoms with Gasteiger partial charge in [0.1, 0.15) is 0 Å². The van der Waals surface area contributed by atoms with Gasteiger partial charge in [0.2, 0.25) is 5.91 Å². The Kier molecular flexibility index (Phi) is 6.28. The molecule has 5 heteroatoms. The van der Waals surface area contributed by atoms with Crippen molar-refractivity contribution in [2.24, 2.45) is 5.92 Å².